The molecule has 0 bridgehead atoms. The highest BCUT2D eigenvalue weighted by atomic mass is 19.1. The largest absolute Gasteiger partial charge is 0.376 e. The van der Waals surface area contributed by atoms with Crippen LogP contribution in [0.2, 0.25) is 0 Å². The van der Waals surface area contributed by atoms with Crippen LogP contribution in [-0.4, -0.2) is 37.6 Å². The van der Waals surface area contributed by atoms with Gasteiger partial charge in [-0.15, -0.1) is 0 Å². The van der Waals surface area contributed by atoms with Crippen molar-refractivity contribution in [1.82, 2.24) is 10.6 Å². The maximum absolute atomic E-state index is 14.6. The van der Waals surface area contributed by atoms with E-state index in [1.807, 2.05) is 19.1 Å². The molecule has 2 amide bonds. The summed E-state index contributed by atoms with van der Waals surface area (Å²) >= 11 is 0. The van der Waals surface area contributed by atoms with Crippen molar-refractivity contribution in [3.8, 4) is 0 Å². The predicted molar refractivity (Wildman–Crippen MR) is 108 cm³/mol. The van der Waals surface area contributed by atoms with E-state index in [1.165, 1.54) is 12.1 Å². The van der Waals surface area contributed by atoms with Crippen LogP contribution in [0.3, 0.4) is 0 Å². The number of ether oxygens (including phenoxy) is 1. The number of nitrogens with one attached hydrogen (secondary N) is 2. The van der Waals surface area contributed by atoms with E-state index in [1.54, 1.807) is 6.07 Å². The van der Waals surface area contributed by atoms with Crippen molar-refractivity contribution >= 4 is 11.8 Å². The second kappa shape index (κ2) is 8.33. The lowest BCUT2D eigenvalue weighted by atomic mass is 9.91. The van der Waals surface area contributed by atoms with Gasteiger partial charge >= 0.3 is 0 Å². The van der Waals surface area contributed by atoms with Gasteiger partial charge in [0.15, 0.2) is 0 Å². The van der Waals surface area contributed by atoms with Gasteiger partial charge in [0.05, 0.1) is 11.7 Å². The van der Waals surface area contributed by atoms with Gasteiger partial charge < -0.3 is 15.4 Å². The molecule has 0 spiro atoms. The van der Waals surface area contributed by atoms with Gasteiger partial charge in [0.2, 0.25) is 0 Å². The van der Waals surface area contributed by atoms with Crippen molar-refractivity contribution in [3.05, 3.63) is 69.5 Å². The molecule has 1 fully saturated rings. The molecule has 5 nitrogen and oxygen atoms in total. The Bertz CT molecular complexity index is 951. The van der Waals surface area contributed by atoms with Gasteiger partial charge in [-0.2, -0.15) is 0 Å². The number of carbonyl (C=O) groups excluding carboxylic acids is 2. The molecule has 2 aliphatic heterocycles. The molecule has 29 heavy (non-hydrogen) atoms. The third-order valence-corrected chi connectivity index (χ3v) is 5.67. The predicted octanol–water partition coefficient (Wildman–Crippen LogP) is 2.92. The minimum absolute atomic E-state index is 0.0190. The van der Waals surface area contributed by atoms with Crippen molar-refractivity contribution < 1.29 is 18.7 Å². The lowest BCUT2D eigenvalue weighted by Crippen LogP contribution is -2.32. The highest BCUT2D eigenvalue weighted by Gasteiger charge is 2.20. The third kappa shape index (κ3) is 4.32. The zero-order valence-corrected chi connectivity index (χ0v) is 16.5. The summed E-state index contributed by atoms with van der Waals surface area (Å²) in [4.78, 5) is 24.4. The number of rotatable bonds is 5. The first kappa shape index (κ1) is 19.6. The summed E-state index contributed by atoms with van der Waals surface area (Å²) in [6, 6.07) is 8.64. The van der Waals surface area contributed by atoms with Crippen LogP contribution in [0.5, 0.6) is 0 Å². The summed E-state index contributed by atoms with van der Waals surface area (Å²) in [5.74, 6) is -1.02. The average Bonchev–Trinajstić information content (AvgIpc) is 3.21. The second-order valence-corrected chi connectivity index (χ2v) is 7.78. The summed E-state index contributed by atoms with van der Waals surface area (Å²) in [5, 5.41) is 5.61. The van der Waals surface area contributed by atoms with Gasteiger partial charge in [0.1, 0.15) is 5.82 Å². The molecule has 6 heteroatoms. The number of fused-ring (bicyclic) bond motifs is 1. The van der Waals surface area contributed by atoms with E-state index in [9.17, 15) is 14.0 Å². The Morgan fingerprint density at radius 1 is 1.31 bits per heavy atom. The Kier molecular flexibility index (Phi) is 5.62. The standard InChI is InChI=1S/C23H25FN2O3/c1-14-9-16-6-7-25-23(28)20(16)12-17(14)10-15-4-5-19(21(24)11-15)22(27)26-13-18-3-2-8-29-18/h4-5,9,11-12,18H,2-3,6-8,10,13H2,1H3,(H,25,28)(H,26,27)/t18-/m0/s1. The maximum atomic E-state index is 14.6. The van der Waals surface area contributed by atoms with Crippen molar-refractivity contribution in [2.45, 2.75) is 38.7 Å². The molecule has 2 N–H and O–H groups in total. The number of amides is 2. The molecule has 0 aromatic heterocycles. The summed E-state index contributed by atoms with van der Waals surface area (Å²) in [7, 11) is 0. The summed E-state index contributed by atoms with van der Waals surface area (Å²) in [5.41, 5.74) is 4.61. The number of aryl methyl sites for hydroxylation is 1. The fraction of sp³-hybridized carbons (Fsp3) is 0.391. The van der Waals surface area contributed by atoms with E-state index in [2.05, 4.69) is 10.6 Å². The summed E-state index contributed by atoms with van der Waals surface area (Å²) in [6.07, 6.45) is 3.26. The monoisotopic (exact) mass is 396 g/mol. The molecule has 0 aliphatic carbocycles. The minimum atomic E-state index is -0.541. The number of carbonyl (C=O) groups is 2. The van der Waals surface area contributed by atoms with E-state index < -0.39 is 11.7 Å². The number of benzene rings is 2. The Balaban J connectivity index is 1.47. The molecule has 2 aliphatic rings. The van der Waals surface area contributed by atoms with Crippen molar-refractivity contribution in [2.24, 2.45) is 0 Å². The molecule has 4 rings (SSSR count). The Morgan fingerprint density at radius 2 is 2.17 bits per heavy atom. The van der Waals surface area contributed by atoms with Gasteiger partial charge in [-0.05, 0) is 73.1 Å². The molecule has 152 valence electrons. The van der Waals surface area contributed by atoms with Gasteiger partial charge in [0.25, 0.3) is 11.8 Å². The lowest BCUT2D eigenvalue weighted by Gasteiger charge is -2.19. The molecule has 1 saturated heterocycles. The van der Waals surface area contributed by atoms with Crippen LogP contribution >= 0.6 is 0 Å². The molecular formula is C23H25FN2O3. The quantitative estimate of drug-likeness (QED) is 0.817. The Hall–Kier alpha value is -2.73. The SMILES string of the molecule is Cc1cc2c(cc1Cc1ccc(C(=O)NC[C@@H]3CCCO3)c(F)c1)C(=O)NCC2. The van der Waals surface area contributed by atoms with Crippen LogP contribution < -0.4 is 10.6 Å². The Labute approximate surface area is 169 Å². The lowest BCUT2D eigenvalue weighted by molar-refractivity contribution is 0.0854. The highest BCUT2D eigenvalue weighted by molar-refractivity contribution is 5.97. The fourth-order valence-electron chi connectivity index (χ4n) is 4.01. The fourth-order valence-corrected chi connectivity index (χ4v) is 4.01. The first-order valence-electron chi connectivity index (χ1n) is 10.1. The van der Waals surface area contributed by atoms with Gasteiger partial charge in [-0.3, -0.25) is 9.59 Å². The smallest absolute Gasteiger partial charge is 0.254 e. The molecule has 0 saturated carbocycles. The van der Waals surface area contributed by atoms with E-state index in [4.69, 9.17) is 4.74 Å². The van der Waals surface area contributed by atoms with Gasteiger partial charge in [-0.1, -0.05) is 12.1 Å². The van der Waals surface area contributed by atoms with Crippen LogP contribution in [0.1, 0.15) is 55.8 Å². The molecule has 2 aromatic carbocycles. The highest BCUT2D eigenvalue weighted by Crippen LogP contribution is 2.23. The van der Waals surface area contributed by atoms with E-state index in [-0.39, 0.29) is 17.6 Å². The van der Waals surface area contributed by atoms with Crippen LogP contribution in [-0.2, 0) is 17.6 Å². The molecule has 0 unspecified atom stereocenters. The van der Waals surface area contributed by atoms with Crippen LogP contribution in [0.15, 0.2) is 30.3 Å². The molecule has 1 atom stereocenters. The average molecular weight is 396 g/mol. The van der Waals surface area contributed by atoms with E-state index in [0.717, 1.165) is 41.5 Å². The normalized spacial score (nSPS) is 18.3. The van der Waals surface area contributed by atoms with E-state index >= 15 is 0 Å². The number of hydrogen-bond donors (Lipinski definition) is 2. The summed E-state index contributed by atoms with van der Waals surface area (Å²) < 4.78 is 20.1. The van der Waals surface area contributed by atoms with E-state index in [0.29, 0.717) is 31.7 Å². The van der Waals surface area contributed by atoms with Crippen LogP contribution in [0.4, 0.5) is 4.39 Å². The first-order chi connectivity index (χ1) is 14.0. The van der Waals surface area contributed by atoms with Crippen LogP contribution in [0.25, 0.3) is 0 Å². The number of halogens is 1. The minimum Gasteiger partial charge on any atom is -0.376 e. The zero-order valence-electron chi connectivity index (χ0n) is 16.5. The molecule has 2 heterocycles. The van der Waals surface area contributed by atoms with Gasteiger partial charge in [0, 0.05) is 25.3 Å². The topological polar surface area (TPSA) is 67.4 Å². The van der Waals surface area contributed by atoms with Crippen molar-refractivity contribution in [1.29, 1.82) is 0 Å². The molecule has 2 aromatic rings. The third-order valence-electron chi connectivity index (χ3n) is 5.67. The van der Waals surface area contributed by atoms with Gasteiger partial charge in [-0.25, -0.2) is 4.39 Å². The molecular weight excluding hydrogens is 371 g/mol. The van der Waals surface area contributed by atoms with Crippen LogP contribution in [0, 0.1) is 12.7 Å². The zero-order chi connectivity index (χ0) is 20.4. The second-order valence-electron chi connectivity index (χ2n) is 7.78. The van der Waals surface area contributed by atoms with Crippen molar-refractivity contribution in [3.63, 3.8) is 0 Å². The first-order valence-corrected chi connectivity index (χ1v) is 10.1. The Morgan fingerprint density at radius 3 is 2.93 bits per heavy atom. The molecule has 0 radical (unpaired) electrons. The maximum Gasteiger partial charge on any atom is 0.254 e. The van der Waals surface area contributed by atoms with Crippen molar-refractivity contribution in [2.75, 3.05) is 19.7 Å². The summed E-state index contributed by atoms with van der Waals surface area (Å²) in [6.45, 7) is 3.78. The number of hydrogen-bond acceptors (Lipinski definition) is 3.